The molecule has 1 amide bonds. The van der Waals surface area contributed by atoms with E-state index in [1.54, 1.807) is 18.2 Å². The summed E-state index contributed by atoms with van der Waals surface area (Å²) in [4.78, 5) is 26.3. The van der Waals surface area contributed by atoms with Crippen LogP contribution in [0.25, 0.3) is 11.1 Å². The van der Waals surface area contributed by atoms with Gasteiger partial charge in [-0.3, -0.25) is 9.59 Å². The number of aliphatic carboxylic acids is 1. The van der Waals surface area contributed by atoms with Crippen LogP contribution in [-0.4, -0.2) is 22.0 Å². The van der Waals surface area contributed by atoms with Gasteiger partial charge in [-0.05, 0) is 24.6 Å². The van der Waals surface area contributed by atoms with E-state index in [-0.39, 0.29) is 18.7 Å². The Hall–Kier alpha value is -2.37. The third-order valence-electron chi connectivity index (χ3n) is 2.81. The smallest absolute Gasteiger partial charge is 0.303 e. The first-order valence-corrected chi connectivity index (χ1v) is 6.49. The van der Waals surface area contributed by atoms with E-state index in [9.17, 15) is 9.59 Å². The Balaban J connectivity index is 1.98. The van der Waals surface area contributed by atoms with Crippen LogP contribution in [-0.2, 0) is 16.0 Å². The summed E-state index contributed by atoms with van der Waals surface area (Å²) in [5, 5.41) is 11.2. The highest BCUT2D eigenvalue weighted by atomic mass is 16.4. The van der Waals surface area contributed by atoms with Gasteiger partial charge in [-0.2, -0.15) is 0 Å². The van der Waals surface area contributed by atoms with Crippen molar-refractivity contribution < 1.29 is 19.1 Å². The number of rotatable bonds is 6. The summed E-state index contributed by atoms with van der Waals surface area (Å²) in [7, 11) is 0. The molecule has 0 radical (unpaired) electrons. The van der Waals surface area contributed by atoms with E-state index in [1.165, 1.54) is 0 Å². The van der Waals surface area contributed by atoms with E-state index in [0.717, 1.165) is 0 Å². The fourth-order valence-corrected chi connectivity index (χ4v) is 1.83. The van der Waals surface area contributed by atoms with Crippen molar-refractivity contribution in [2.45, 2.75) is 32.6 Å². The lowest BCUT2D eigenvalue weighted by Gasteiger charge is -2.03. The molecule has 0 aliphatic rings. The van der Waals surface area contributed by atoms with Crippen molar-refractivity contribution in [3.63, 3.8) is 0 Å². The molecule has 0 aliphatic carbocycles. The second-order valence-electron chi connectivity index (χ2n) is 4.44. The number of nitrogens with zero attached hydrogens (tertiary/aromatic N) is 1. The third-order valence-corrected chi connectivity index (χ3v) is 2.81. The molecule has 0 spiro atoms. The zero-order valence-electron chi connectivity index (χ0n) is 11.2. The highest BCUT2D eigenvalue weighted by Crippen LogP contribution is 2.20. The number of amides is 1. The first-order valence-electron chi connectivity index (χ1n) is 6.49. The van der Waals surface area contributed by atoms with Crippen LogP contribution in [0.2, 0.25) is 0 Å². The first kappa shape index (κ1) is 14.0. The molecule has 1 aromatic heterocycles. The van der Waals surface area contributed by atoms with E-state index in [1.807, 2.05) is 6.92 Å². The number of carbonyl (C=O) groups excluding carboxylic acids is 1. The molecule has 2 N–H and O–H groups in total. The summed E-state index contributed by atoms with van der Waals surface area (Å²) in [6, 6.07) is 5.24. The zero-order chi connectivity index (χ0) is 14.5. The average molecular weight is 276 g/mol. The number of carboxylic acid groups (broad SMARTS) is 1. The van der Waals surface area contributed by atoms with Gasteiger partial charge in [0.15, 0.2) is 11.5 Å². The molecule has 6 nitrogen and oxygen atoms in total. The van der Waals surface area contributed by atoms with Crippen LogP contribution >= 0.6 is 0 Å². The van der Waals surface area contributed by atoms with Gasteiger partial charge < -0.3 is 14.8 Å². The number of aromatic nitrogens is 1. The number of carbonyl (C=O) groups is 2. The average Bonchev–Trinajstić information content (AvgIpc) is 2.80. The maximum Gasteiger partial charge on any atom is 0.303 e. The minimum Gasteiger partial charge on any atom is -0.481 e. The predicted octanol–water partition coefficient (Wildman–Crippen LogP) is 2.58. The fourth-order valence-electron chi connectivity index (χ4n) is 1.83. The molecule has 0 bridgehead atoms. The van der Waals surface area contributed by atoms with Crippen LogP contribution in [0.4, 0.5) is 5.69 Å². The zero-order valence-corrected chi connectivity index (χ0v) is 11.2. The maximum absolute atomic E-state index is 11.6. The van der Waals surface area contributed by atoms with Crippen molar-refractivity contribution in [2.75, 3.05) is 5.32 Å². The number of anilines is 1. The van der Waals surface area contributed by atoms with E-state index >= 15 is 0 Å². The number of aryl methyl sites for hydroxylation is 1. The molecule has 20 heavy (non-hydrogen) atoms. The number of fused-ring (bicyclic) bond motifs is 1. The summed E-state index contributed by atoms with van der Waals surface area (Å²) >= 11 is 0. The van der Waals surface area contributed by atoms with Gasteiger partial charge in [0, 0.05) is 24.9 Å². The molecule has 2 rings (SSSR count). The van der Waals surface area contributed by atoms with Crippen LogP contribution < -0.4 is 5.32 Å². The standard InChI is InChI=1S/C14H16N2O4/c1-2-13-16-10-8-9(6-7-11(10)20-13)15-12(17)4-3-5-14(18)19/h6-8H,2-5H2,1H3,(H,15,17)(H,18,19). The molecule has 0 unspecified atom stereocenters. The number of carboxylic acids is 1. The Morgan fingerprint density at radius 2 is 2.15 bits per heavy atom. The van der Waals surface area contributed by atoms with Crippen LogP contribution in [0.15, 0.2) is 22.6 Å². The lowest BCUT2D eigenvalue weighted by molar-refractivity contribution is -0.137. The van der Waals surface area contributed by atoms with Crippen molar-refractivity contribution in [3.05, 3.63) is 24.1 Å². The summed E-state index contributed by atoms with van der Waals surface area (Å²) in [5.41, 5.74) is 2.02. The fraction of sp³-hybridized carbons (Fsp3) is 0.357. The molecular formula is C14H16N2O4. The molecule has 0 fully saturated rings. The normalized spacial score (nSPS) is 10.7. The third kappa shape index (κ3) is 3.57. The Labute approximate surface area is 115 Å². The topological polar surface area (TPSA) is 92.4 Å². The van der Waals surface area contributed by atoms with E-state index in [4.69, 9.17) is 9.52 Å². The second kappa shape index (κ2) is 6.18. The molecule has 106 valence electrons. The van der Waals surface area contributed by atoms with Crippen molar-refractivity contribution in [2.24, 2.45) is 0 Å². The summed E-state index contributed by atoms with van der Waals surface area (Å²) in [6.07, 6.45) is 1.22. The van der Waals surface area contributed by atoms with Crippen molar-refractivity contribution >= 4 is 28.7 Å². The number of oxazole rings is 1. The maximum atomic E-state index is 11.6. The monoisotopic (exact) mass is 276 g/mol. The quantitative estimate of drug-likeness (QED) is 0.845. The Morgan fingerprint density at radius 3 is 2.85 bits per heavy atom. The van der Waals surface area contributed by atoms with Gasteiger partial charge in [0.05, 0.1) is 0 Å². The minimum absolute atomic E-state index is 0.00436. The summed E-state index contributed by atoms with van der Waals surface area (Å²) < 4.78 is 5.48. The Morgan fingerprint density at radius 1 is 1.35 bits per heavy atom. The Kier molecular flexibility index (Phi) is 4.34. The molecule has 1 heterocycles. The van der Waals surface area contributed by atoms with E-state index < -0.39 is 5.97 Å². The molecule has 2 aromatic rings. The number of hydrogen-bond donors (Lipinski definition) is 2. The van der Waals surface area contributed by atoms with Gasteiger partial charge in [-0.25, -0.2) is 4.98 Å². The predicted molar refractivity (Wildman–Crippen MR) is 73.5 cm³/mol. The number of nitrogens with one attached hydrogen (secondary N) is 1. The van der Waals surface area contributed by atoms with Crippen LogP contribution in [0.3, 0.4) is 0 Å². The molecule has 0 saturated carbocycles. The molecule has 0 saturated heterocycles. The lowest BCUT2D eigenvalue weighted by Crippen LogP contribution is -2.11. The minimum atomic E-state index is -0.895. The van der Waals surface area contributed by atoms with Gasteiger partial charge >= 0.3 is 5.97 Å². The lowest BCUT2D eigenvalue weighted by atomic mass is 10.2. The van der Waals surface area contributed by atoms with Crippen molar-refractivity contribution in [3.8, 4) is 0 Å². The van der Waals surface area contributed by atoms with Crippen molar-refractivity contribution in [1.82, 2.24) is 4.98 Å². The molecule has 6 heteroatoms. The number of benzene rings is 1. The van der Waals surface area contributed by atoms with E-state index in [2.05, 4.69) is 10.3 Å². The van der Waals surface area contributed by atoms with Crippen LogP contribution in [0.5, 0.6) is 0 Å². The van der Waals surface area contributed by atoms with Gasteiger partial charge in [0.2, 0.25) is 5.91 Å². The number of hydrogen-bond acceptors (Lipinski definition) is 4. The van der Waals surface area contributed by atoms with Crippen molar-refractivity contribution in [1.29, 1.82) is 0 Å². The molecule has 0 atom stereocenters. The second-order valence-corrected chi connectivity index (χ2v) is 4.44. The van der Waals surface area contributed by atoms with Gasteiger partial charge in [0.25, 0.3) is 0 Å². The largest absolute Gasteiger partial charge is 0.481 e. The first-order chi connectivity index (χ1) is 9.58. The van der Waals surface area contributed by atoms with Gasteiger partial charge in [-0.1, -0.05) is 6.92 Å². The summed E-state index contributed by atoms with van der Waals surface area (Å²) in [5.74, 6) is -0.441. The molecule has 0 aliphatic heterocycles. The summed E-state index contributed by atoms with van der Waals surface area (Å²) in [6.45, 7) is 1.95. The molecular weight excluding hydrogens is 260 g/mol. The van der Waals surface area contributed by atoms with Gasteiger partial charge in [0.1, 0.15) is 5.52 Å². The molecule has 1 aromatic carbocycles. The van der Waals surface area contributed by atoms with Gasteiger partial charge in [-0.15, -0.1) is 0 Å². The highest BCUT2D eigenvalue weighted by Gasteiger charge is 2.08. The Bertz CT molecular complexity index is 633. The van der Waals surface area contributed by atoms with E-state index in [0.29, 0.717) is 35.5 Å². The van der Waals surface area contributed by atoms with Crippen LogP contribution in [0, 0.1) is 0 Å². The highest BCUT2D eigenvalue weighted by molar-refractivity contribution is 5.92. The van der Waals surface area contributed by atoms with Crippen LogP contribution in [0.1, 0.15) is 32.1 Å². The SMILES string of the molecule is CCc1nc2cc(NC(=O)CCCC(=O)O)ccc2o1.